The van der Waals surface area contributed by atoms with Crippen LogP contribution in [0.3, 0.4) is 0 Å². The lowest BCUT2D eigenvalue weighted by Gasteiger charge is -2.05. The van der Waals surface area contributed by atoms with Crippen molar-refractivity contribution in [3.8, 4) is 11.8 Å². The Morgan fingerprint density at radius 2 is 2.27 bits per heavy atom. The summed E-state index contributed by atoms with van der Waals surface area (Å²) in [7, 11) is 0. The molecular weight excluding hydrogens is 330 g/mol. The number of carbonyl (C=O) groups is 1. The number of benzene rings is 1. The third kappa shape index (κ3) is 3.58. The van der Waals surface area contributed by atoms with E-state index in [1.165, 1.54) is 6.08 Å². The Hall–Kier alpha value is -3.57. The molecule has 5 nitrogen and oxygen atoms in total. The van der Waals surface area contributed by atoms with Gasteiger partial charge in [-0.2, -0.15) is 0 Å². The van der Waals surface area contributed by atoms with Crippen LogP contribution in [0.15, 0.2) is 39.2 Å². The van der Waals surface area contributed by atoms with Crippen molar-refractivity contribution in [2.24, 2.45) is 0 Å². The molecule has 0 aliphatic heterocycles. The summed E-state index contributed by atoms with van der Waals surface area (Å²) in [4.78, 5) is 27.1. The highest BCUT2D eigenvalue weighted by Gasteiger charge is 2.13. The van der Waals surface area contributed by atoms with Crippen LogP contribution in [0.5, 0.6) is 0 Å². The SMILES string of the molecule is [C-]#[N+]/C(=C/c1cc2cc3c(cc2oc1=O)C#CCC/C=C\3)C(=O)OCC. The van der Waals surface area contributed by atoms with Gasteiger partial charge in [-0.3, -0.25) is 4.79 Å². The van der Waals surface area contributed by atoms with E-state index in [0.29, 0.717) is 11.0 Å². The van der Waals surface area contributed by atoms with E-state index < -0.39 is 11.6 Å². The van der Waals surface area contributed by atoms with E-state index in [2.05, 4.69) is 22.8 Å². The summed E-state index contributed by atoms with van der Waals surface area (Å²) in [5.41, 5.74) is 1.37. The maximum absolute atomic E-state index is 12.2. The second-order valence-electron chi connectivity index (χ2n) is 5.57. The molecule has 0 amide bonds. The minimum atomic E-state index is -0.765. The van der Waals surface area contributed by atoms with Crippen molar-refractivity contribution in [3.05, 3.63) is 68.5 Å². The molecule has 0 N–H and O–H groups in total. The minimum absolute atomic E-state index is 0.123. The van der Waals surface area contributed by atoms with E-state index in [0.717, 1.165) is 24.0 Å². The van der Waals surface area contributed by atoms with Gasteiger partial charge in [-0.1, -0.05) is 24.0 Å². The Balaban J connectivity index is 2.14. The van der Waals surface area contributed by atoms with Gasteiger partial charge in [-0.05, 0) is 43.2 Å². The zero-order valence-corrected chi connectivity index (χ0v) is 14.2. The summed E-state index contributed by atoms with van der Waals surface area (Å²) in [6.45, 7) is 8.92. The van der Waals surface area contributed by atoms with Gasteiger partial charge in [-0.25, -0.2) is 9.64 Å². The van der Waals surface area contributed by atoms with Crippen molar-refractivity contribution in [2.75, 3.05) is 6.61 Å². The smallest absolute Gasteiger partial charge is 0.342 e. The molecule has 1 heterocycles. The van der Waals surface area contributed by atoms with Gasteiger partial charge in [-0.15, -0.1) is 0 Å². The Bertz CT molecular complexity index is 1100. The minimum Gasteiger partial charge on any atom is -0.471 e. The summed E-state index contributed by atoms with van der Waals surface area (Å²) in [5.74, 6) is 5.40. The normalized spacial score (nSPS) is 14.2. The van der Waals surface area contributed by atoms with Crippen LogP contribution in [0.2, 0.25) is 0 Å². The molecule has 3 rings (SSSR count). The van der Waals surface area contributed by atoms with Crippen molar-refractivity contribution in [1.29, 1.82) is 0 Å². The van der Waals surface area contributed by atoms with Crippen molar-refractivity contribution in [2.45, 2.75) is 19.8 Å². The number of ether oxygens (including phenoxy) is 1. The number of nitrogens with zero attached hydrogens (tertiary/aromatic N) is 1. The summed E-state index contributed by atoms with van der Waals surface area (Å²) < 4.78 is 10.2. The molecule has 0 radical (unpaired) electrons. The van der Waals surface area contributed by atoms with Crippen molar-refractivity contribution in [3.63, 3.8) is 0 Å². The maximum Gasteiger partial charge on any atom is 0.342 e. The quantitative estimate of drug-likeness (QED) is 0.279. The van der Waals surface area contributed by atoms with E-state index in [4.69, 9.17) is 15.7 Å². The molecule has 1 aromatic carbocycles. The molecule has 0 spiro atoms. The lowest BCUT2D eigenvalue weighted by Crippen LogP contribution is -2.08. The van der Waals surface area contributed by atoms with Crippen LogP contribution < -0.4 is 5.63 Å². The van der Waals surface area contributed by atoms with Crippen molar-refractivity contribution < 1.29 is 13.9 Å². The Morgan fingerprint density at radius 1 is 1.42 bits per heavy atom. The Labute approximate surface area is 150 Å². The average molecular weight is 345 g/mol. The molecule has 2 aromatic rings. The van der Waals surface area contributed by atoms with Gasteiger partial charge in [0.2, 0.25) is 0 Å². The lowest BCUT2D eigenvalue weighted by molar-refractivity contribution is -0.138. The average Bonchev–Trinajstić information content (AvgIpc) is 2.60. The van der Waals surface area contributed by atoms with Gasteiger partial charge in [0.1, 0.15) is 5.58 Å². The zero-order chi connectivity index (χ0) is 18.5. The van der Waals surface area contributed by atoms with Crippen LogP contribution in [0.4, 0.5) is 0 Å². The molecule has 0 bridgehead atoms. The second-order valence-corrected chi connectivity index (χ2v) is 5.57. The highest BCUT2D eigenvalue weighted by molar-refractivity contribution is 5.96. The highest BCUT2D eigenvalue weighted by atomic mass is 16.5. The molecule has 0 saturated heterocycles. The first kappa shape index (κ1) is 17.3. The standard InChI is InChI=1S/C21H15NO4/c1-3-25-21(24)18(22-2)12-17-11-16-10-14-8-6-4-5-7-9-15(14)13-19(16)26-20(17)23/h6,8,10-13H,3-5H2,1H3/b8-6-,18-12+. The second kappa shape index (κ2) is 7.55. The molecule has 0 fully saturated rings. The van der Waals surface area contributed by atoms with Gasteiger partial charge in [0.05, 0.1) is 18.7 Å². The van der Waals surface area contributed by atoms with E-state index >= 15 is 0 Å². The van der Waals surface area contributed by atoms with Crippen molar-refractivity contribution >= 4 is 29.1 Å². The number of rotatable bonds is 3. The fraction of sp³-hybridized carbons (Fsp3) is 0.190. The monoisotopic (exact) mass is 345 g/mol. The fourth-order valence-corrected chi connectivity index (χ4v) is 2.56. The number of carbonyl (C=O) groups excluding carboxylic acids is 1. The Kier molecular flexibility index (Phi) is 5.01. The third-order valence-electron chi connectivity index (χ3n) is 3.79. The van der Waals surface area contributed by atoms with Crippen LogP contribution in [0.1, 0.15) is 36.5 Å². The maximum atomic E-state index is 12.2. The summed E-state index contributed by atoms with van der Waals surface area (Å²) in [6, 6.07) is 5.22. The molecule has 1 aromatic heterocycles. The summed E-state index contributed by atoms with van der Waals surface area (Å²) in [5, 5.41) is 0.690. The van der Waals surface area contributed by atoms with Crippen LogP contribution in [-0.2, 0) is 9.53 Å². The molecular formula is C21H15NO4. The van der Waals surface area contributed by atoms with E-state index in [-0.39, 0.29) is 17.9 Å². The molecule has 0 saturated carbocycles. The summed E-state index contributed by atoms with van der Waals surface area (Å²) in [6.07, 6.45) is 6.91. The number of fused-ring (bicyclic) bond motifs is 2. The topological polar surface area (TPSA) is 60.9 Å². The zero-order valence-electron chi connectivity index (χ0n) is 14.2. The predicted octanol–water partition coefficient (Wildman–Crippen LogP) is 3.77. The van der Waals surface area contributed by atoms with Gasteiger partial charge >= 0.3 is 11.6 Å². The van der Waals surface area contributed by atoms with Crippen LogP contribution in [0.25, 0.3) is 28.0 Å². The van der Waals surface area contributed by atoms with Crippen LogP contribution >= 0.6 is 0 Å². The van der Waals surface area contributed by atoms with E-state index in [1.807, 2.05) is 12.1 Å². The van der Waals surface area contributed by atoms with Crippen LogP contribution in [-0.4, -0.2) is 12.6 Å². The molecule has 5 heteroatoms. The number of hydrogen-bond donors (Lipinski definition) is 0. The van der Waals surface area contributed by atoms with E-state index in [1.54, 1.807) is 19.1 Å². The van der Waals surface area contributed by atoms with Crippen molar-refractivity contribution in [1.82, 2.24) is 0 Å². The largest absolute Gasteiger partial charge is 0.471 e. The third-order valence-corrected chi connectivity index (χ3v) is 3.79. The first-order chi connectivity index (χ1) is 12.6. The fourth-order valence-electron chi connectivity index (χ4n) is 2.56. The predicted molar refractivity (Wildman–Crippen MR) is 98.8 cm³/mol. The van der Waals surface area contributed by atoms with Gasteiger partial charge < -0.3 is 9.15 Å². The van der Waals surface area contributed by atoms with Gasteiger partial charge in [0.15, 0.2) is 0 Å². The highest BCUT2D eigenvalue weighted by Crippen LogP contribution is 2.23. The first-order valence-corrected chi connectivity index (χ1v) is 8.16. The van der Waals surface area contributed by atoms with Gasteiger partial charge in [0, 0.05) is 17.4 Å². The molecule has 1 aliphatic carbocycles. The van der Waals surface area contributed by atoms with Crippen LogP contribution in [0, 0.1) is 18.4 Å². The van der Waals surface area contributed by atoms with E-state index in [9.17, 15) is 9.59 Å². The number of esters is 1. The first-order valence-electron chi connectivity index (χ1n) is 8.16. The number of hydrogen-bond acceptors (Lipinski definition) is 4. The molecule has 0 unspecified atom stereocenters. The Morgan fingerprint density at radius 3 is 3.04 bits per heavy atom. The molecule has 26 heavy (non-hydrogen) atoms. The molecule has 1 aliphatic rings. The number of allylic oxidation sites excluding steroid dienone is 1. The molecule has 128 valence electrons. The molecule has 0 atom stereocenters. The summed E-state index contributed by atoms with van der Waals surface area (Å²) >= 11 is 0. The lowest BCUT2D eigenvalue weighted by atomic mass is 10.0. The van der Waals surface area contributed by atoms with Gasteiger partial charge in [0.25, 0.3) is 5.70 Å².